The summed E-state index contributed by atoms with van der Waals surface area (Å²) in [5.74, 6) is 5.36. The molecule has 1 heterocycles. The summed E-state index contributed by atoms with van der Waals surface area (Å²) >= 11 is 0. The van der Waals surface area contributed by atoms with E-state index in [0.717, 1.165) is 5.56 Å². The molecule has 0 aliphatic heterocycles. The van der Waals surface area contributed by atoms with Gasteiger partial charge in [-0.25, -0.2) is 0 Å². The average Bonchev–Trinajstić information content (AvgIpc) is 1.91. The molecule has 0 fully saturated rings. The van der Waals surface area contributed by atoms with Gasteiger partial charge < -0.3 is 0 Å². The summed E-state index contributed by atoms with van der Waals surface area (Å²) in [6.07, 6.45) is 3.42. The highest BCUT2D eigenvalue weighted by Gasteiger charge is 1.78. The van der Waals surface area contributed by atoms with Gasteiger partial charge in [0.2, 0.25) is 0 Å². The Balaban J connectivity index is 2.94. The van der Waals surface area contributed by atoms with Gasteiger partial charge in [0.1, 0.15) is 0 Å². The molecular formula is C8H6N. The zero-order valence-corrected chi connectivity index (χ0v) is 4.96. The maximum absolute atomic E-state index is 3.84. The van der Waals surface area contributed by atoms with E-state index in [9.17, 15) is 0 Å². The minimum absolute atomic E-state index is 0.958. The molecule has 1 radical (unpaired) electrons. The molecule has 0 atom stereocenters. The number of pyridine rings is 1. The minimum atomic E-state index is 0.958. The van der Waals surface area contributed by atoms with Crippen LogP contribution in [-0.2, 0) is 0 Å². The normalized spacial score (nSPS) is 7.67. The minimum Gasteiger partial charge on any atom is -0.265 e. The molecule has 0 bridgehead atoms. The molecule has 1 aromatic rings. The van der Waals surface area contributed by atoms with Gasteiger partial charge in [-0.05, 0) is 12.1 Å². The number of aromatic nitrogens is 1. The second-order valence-corrected chi connectivity index (χ2v) is 1.54. The van der Waals surface area contributed by atoms with Crippen LogP contribution in [-0.4, -0.2) is 4.98 Å². The summed E-state index contributed by atoms with van der Waals surface area (Å²) in [6, 6.07) is 3.69. The zero-order chi connectivity index (χ0) is 6.53. The Labute approximate surface area is 54.7 Å². The Hall–Kier alpha value is -1.29. The van der Waals surface area contributed by atoms with Crippen LogP contribution in [0.4, 0.5) is 0 Å². The lowest BCUT2D eigenvalue weighted by molar-refractivity contribution is 1.32. The quantitative estimate of drug-likeness (QED) is 0.465. The molecule has 0 unspecified atom stereocenters. The molecule has 0 N–H and O–H groups in total. The van der Waals surface area contributed by atoms with E-state index in [0.29, 0.717) is 0 Å². The largest absolute Gasteiger partial charge is 0.265 e. The van der Waals surface area contributed by atoms with Crippen LogP contribution in [0.1, 0.15) is 5.56 Å². The fourth-order valence-corrected chi connectivity index (χ4v) is 0.537. The van der Waals surface area contributed by atoms with Crippen molar-refractivity contribution in [1.82, 2.24) is 4.98 Å². The molecule has 0 aliphatic rings. The van der Waals surface area contributed by atoms with Crippen LogP contribution in [0, 0.1) is 18.8 Å². The number of nitrogens with zero attached hydrogens (tertiary/aromatic N) is 1. The SMILES string of the molecule is [CH2]C#Cc1ccncc1. The number of hydrogen-bond acceptors (Lipinski definition) is 1. The van der Waals surface area contributed by atoms with Gasteiger partial charge >= 0.3 is 0 Å². The molecule has 1 heteroatoms. The standard InChI is InChI=1S/C8H6N/c1-2-3-8-4-6-9-7-5-8/h4-7H,1H2. The number of rotatable bonds is 0. The van der Waals surface area contributed by atoms with Gasteiger partial charge in [-0.1, -0.05) is 11.8 Å². The van der Waals surface area contributed by atoms with Gasteiger partial charge in [0, 0.05) is 24.9 Å². The van der Waals surface area contributed by atoms with Crippen LogP contribution >= 0.6 is 0 Å². The van der Waals surface area contributed by atoms with Crippen molar-refractivity contribution >= 4 is 0 Å². The highest BCUT2D eigenvalue weighted by atomic mass is 14.6. The first-order chi connectivity index (χ1) is 4.43. The fourth-order valence-electron chi connectivity index (χ4n) is 0.537. The lowest BCUT2D eigenvalue weighted by Gasteiger charge is -1.83. The van der Waals surface area contributed by atoms with Crippen LogP contribution in [0.2, 0.25) is 0 Å². The van der Waals surface area contributed by atoms with Crippen LogP contribution < -0.4 is 0 Å². The molecule has 0 saturated carbocycles. The molecule has 0 aliphatic carbocycles. The lowest BCUT2D eigenvalue weighted by Crippen LogP contribution is -1.72. The maximum Gasteiger partial charge on any atom is 0.0280 e. The Bertz CT molecular complexity index is 228. The Morgan fingerprint density at radius 3 is 2.56 bits per heavy atom. The monoisotopic (exact) mass is 116 g/mol. The van der Waals surface area contributed by atoms with Crippen molar-refractivity contribution in [3.05, 3.63) is 37.0 Å². The molecule has 9 heavy (non-hydrogen) atoms. The van der Waals surface area contributed by atoms with Crippen LogP contribution in [0.5, 0.6) is 0 Å². The lowest BCUT2D eigenvalue weighted by atomic mass is 10.3. The molecule has 0 saturated heterocycles. The summed E-state index contributed by atoms with van der Waals surface area (Å²) < 4.78 is 0. The fraction of sp³-hybridized carbons (Fsp3) is 0. The molecule has 0 aromatic carbocycles. The molecule has 43 valence electrons. The summed E-state index contributed by atoms with van der Waals surface area (Å²) in [4.78, 5) is 3.84. The first kappa shape index (κ1) is 5.84. The first-order valence-corrected chi connectivity index (χ1v) is 2.61. The van der Waals surface area contributed by atoms with E-state index >= 15 is 0 Å². The predicted octanol–water partition coefficient (Wildman–Crippen LogP) is 1.27. The molecule has 0 spiro atoms. The number of hydrogen-bond donors (Lipinski definition) is 0. The second kappa shape index (κ2) is 2.88. The van der Waals surface area contributed by atoms with Crippen molar-refractivity contribution in [2.45, 2.75) is 0 Å². The third-order valence-electron chi connectivity index (χ3n) is 0.913. The Morgan fingerprint density at radius 2 is 2.00 bits per heavy atom. The van der Waals surface area contributed by atoms with Crippen molar-refractivity contribution in [1.29, 1.82) is 0 Å². The van der Waals surface area contributed by atoms with E-state index in [2.05, 4.69) is 23.7 Å². The topological polar surface area (TPSA) is 12.9 Å². The van der Waals surface area contributed by atoms with Gasteiger partial charge in [0.05, 0.1) is 0 Å². The van der Waals surface area contributed by atoms with Crippen molar-refractivity contribution in [2.24, 2.45) is 0 Å². The second-order valence-electron chi connectivity index (χ2n) is 1.54. The van der Waals surface area contributed by atoms with Crippen LogP contribution in [0.15, 0.2) is 24.5 Å². The first-order valence-electron chi connectivity index (χ1n) is 2.61. The van der Waals surface area contributed by atoms with Gasteiger partial charge in [0.25, 0.3) is 0 Å². The van der Waals surface area contributed by atoms with Crippen molar-refractivity contribution in [2.75, 3.05) is 0 Å². The van der Waals surface area contributed by atoms with Crippen LogP contribution in [0.25, 0.3) is 0 Å². The summed E-state index contributed by atoms with van der Waals surface area (Å²) in [5.41, 5.74) is 0.958. The highest BCUT2D eigenvalue weighted by Crippen LogP contribution is 1.90. The average molecular weight is 116 g/mol. The van der Waals surface area contributed by atoms with E-state index in [1.54, 1.807) is 12.4 Å². The molecule has 1 nitrogen and oxygen atoms in total. The third-order valence-corrected chi connectivity index (χ3v) is 0.913. The van der Waals surface area contributed by atoms with Gasteiger partial charge in [0.15, 0.2) is 0 Å². The zero-order valence-electron chi connectivity index (χ0n) is 4.96. The molecular weight excluding hydrogens is 110 g/mol. The van der Waals surface area contributed by atoms with Crippen molar-refractivity contribution in [3.8, 4) is 11.8 Å². The predicted molar refractivity (Wildman–Crippen MR) is 36.5 cm³/mol. The highest BCUT2D eigenvalue weighted by molar-refractivity contribution is 5.32. The Kier molecular flexibility index (Phi) is 1.87. The van der Waals surface area contributed by atoms with E-state index < -0.39 is 0 Å². The molecule has 0 amide bonds. The van der Waals surface area contributed by atoms with E-state index in [1.807, 2.05) is 12.1 Å². The third kappa shape index (κ3) is 1.58. The van der Waals surface area contributed by atoms with Crippen LogP contribution in [0.3, 0.4) is 0 Å². The summed E-state index contributed by atoms with van der Waals surface area (Å²) in [6.45, 7) is 3.40. The smallest absolute Gasteiger partial charge is 0.0280 e. The van der Waals surface area contributed by atoms with Gasteiger partial charge in [-0.2, -0.15) is 0 Å². The summed E-state index contributed by atoms with van der Waals surface area (Å²) in [7, 11) is 0. The van der Waals surface area contributed by atoms with Gasteiger partial charge in [-0.15, -0.1) is 0 Å². The van der Waals surface area contributed by atoms with E-state index in [1.165, 1.54) is 0 Å². The van der Waals surface area contributed by atoms with E-state index in [-0.39, 0.29) is 0 Å². The van der Waals surface area contributed by atoms with Crippen molar-refractivity contribution < 1.29 is 0 Å². The molecule has 1 aromatic heterocycles. The van der Waals surface area contributed by atoms with E-state index in [4.69, 9.17) is 0 Å². The maximum atomic E-state index is 3.84. The Morgan fingerprint density at radius 1 is 1.33 bits per heavy atom. The van der Waals surface area contributed by atoms with Gasteiger partial charge in [-0.3, -0.25) is 4.98 Å². The van der Waals surface area contributed by atoms with Crippen molar-refractivity contribution in [3.63, 3.8) is 0 Å². The summed E-state index contributed by atoms with van der Waals surface area (Å²) in [5, 5.41) is 0. The molecule has 1 rings (SSSR count).